The standard InChI is InChI=1S/C34H39N5O4/c1-5-39-29-15-14-27(23-30(29)36(4)32(41)34(2,3)33(39)42)43-22-10-18-37(24-26-12-8-9-17-35-26)20-21-38-19-16-25-11-6-7-13-28(25)31(38)40/h6-9,11-17,19,23H,5,10,18,20-22,24H2,1-4H3. The number of hydrogen-bond donors (Lipinski definition) is 0. The molecule has 0 N–H and O–H groups in total. The summed E-state index contributed by atoms with van der Waals surface area (Å²) in [5, 5.41) is 1.66. The van der Waals surface area contributed by atoms with Crippen LogP contribution >= 0.6 is 0 Å². The summed E-state index contributed by atoms with van der Waals surface area (Å²) in [6.45, 7) is 8.83. The second kappa shape index (κ2) is 12.8. The lowest BCUT2D eigenvalue weighted by Crippen LogP contribution is -2.47. The third-order valence-electron chi connectivity index (χ3n) is 8.08. The Labute approximate surface area is 252 Å². The van der Waals surface area contributed by atoms with Gasteiger partial charge in [0, 0.05) is 63.6 Å². The van der Waals surface area contributed by atoms with Crippen molar-refractivity contribution in [2.24, 2.45) is 5.41 Å². The summed E-state index contributed by atoms with van der Waals surface area (Å²) in [5.41, 5.74) is 1.18. The van der Waals surface area contributed by atoms with E-state index in [-0.39, 0.29) is 17.4 Å². The fourth-order valence-electron chi connectivity index (χ4n) is 5.59. The van der Waals surface area contributed by atoms with E-state index in [1.54, 1.807) is 41.5 Å². The minimum Gasteiger partial charge on any atom is -0.493 e. The van der Waals surface area contributed by atoms with Crippen LogP contribution in [0.15, 0.2) is 83.9 Å². The molecule has 4 aromatic rings. The maximum Gasteiger partial charge on any atom is 0.258 e. The van der Waals surface area contributed by atoms with Gasteiger partial charge < -0.3 is 19.1 Å². The topological polar surface area (TPSA) is 88.0 Å². The van der Waals surface area contributed by atoms with Gasteiger partial charge in [0.15, 0.2) is 0 Å². The number of pyridine rings is 2. The monoisotopic (exact) mass is 581 g/mol. The van der Waals surface area contributed by atoms with E-state index in [0.29, 0.717) is 49.9 Å². The second-order valence-corrected chi connectivity index (χ2v) is 11.4. The number of amides is 2. The number of hydrogen-bond acceptors (Lipinski definition) is 6. The van der Waals surface area contributed by atoms with Crippen molar-refractivity contribution in [1.82, 2.24) is 14.5 Å². The van der Waals surface area contributed by atoms with Crippen molar-refractivity contribution < 1.29 is 14.3 Å². The van der Waals surface area contributed by atoms with Crippen molar-refractivity contribution in [2.75, 3.05) is 43.1 Å². The smallest absolute Gasteiger partial charge is 0.258 e. The normalized spacial score (nSPS) is 14.7. The second-order valence-electron chi connectivity index (χ2n) is 11.4. The fourth-order valence-corrected chi connectivity index (χ4v) is 5.59. The van der Waals surface area contributed by atoms with Crippen LogP contribution in [0.5, 0.6) is 5.75 Å². The lowest BCUT2D eigenvalue weighted by Gasteiger charge is -2.27. The van der Waals surface area contributed by atoms with Gasteiger partial charge in [-0.2, -0.15) is 0 Å². The van der Waals surface area contributed by atoms with Gasteiger partial charge in [0.1, 0.15) is 11.2 Å². The summed E-state index contributed by atoms with van der Waals surface area (Å²) in [5.74, 6) is 0.182. The summed E-state index contributed by atoms with van der Waals surface area (Å²) < 4.78 is 7.90. The summed E-state index contributed by atoms with van der Waals surface area (Å²) in [7, 11) is 1.70. The van der Waals surface area contributed by atoms with Gasteiger partial charge in [-0.3, -0.25) is 24.3 Å². The third-order valence-corrected chi connectivity index (χ3v) is 8.08. The van der Waals surface area contributed by atoms with E-state index < -0.39 is 5.41 Å². The summed E-state index contributed by atoms with van der Waals surface area (Å²) in [4.78, 5) is 49.3. The molecule has 0 bridgehead atoms. The minimum atomic E-state index is -1.15. The molecule has 2 aromatic carbocycles. The zero-order chi connectivity index (χ0) is 30.6. The number of rotatable bonds is 11. The van der Waals surface area contributed by atoms with Crippen LogP contribution in [-0.4, -0.2) is 59.6 Å². The van der Waals surface area contributed by atoms with Gasteiger partial charge in [-0.15, -0.1) is 0 Å². The van der Waals surface area contributed by atoms with E-state index >= 15 is 0 Å². The lowest BCUT2D eigenvalue weighted by atomic mass is 9.90. The SMILES string of the molecule is CCN1C(=O)C(C)(C)C(=O)N(C)c2cc(OCCCN(CCn3ccc4ccccc4c3=O)Cc3ccccn3)ccc21. The Hall–Kier alpha value is -4.50. The summed E-state index contributed by atoms with van der Waals surface area (Å²) >= 11 is 0. The number of carbonyl (C=O) groups is 2. The first-order chi connectivity index (χ1) is 20.7. The Kier molecular flexibility index (Phi) is 8.92. The first-order valence-corrected chi connectivity index (χ1v) is 14.8. The number of benzene rings is 2. The molecule has 0 fully saturated rings. The van der Waals surface area contributed by atoms with Crippen LogP contribution in [0.4, 0.5) is 11.4 Å². The molecule has 43 heavy (non-hydrogen) atoms. The highest BCUT2D eigenvalue weighted by Crippen LogP contribution is 2.40. The molecule has 2 aromatic heterocycles. The molecule has 224 valence electrons. The zero-order valence-corrected chi connectivity index (χ0v) is 25.3. The third kappa shape index (κ3) is 6.32. The van der Waals surface area contributed by atoms with Gasteiger partial charge in [0.25, 0.3) is 5.56 Å². The van der Waals surface area contributed by atoms with Crippen molar-refractivity contribution in [2.45, 2.75) is 40.3 Å². The molecule has 9 heteroatoms. The van der Waals surface area contributed by atoms with Crippen LogP contribution in [0.25, 0.3) is 10.8 Å². The van der Waals surface area contributed by atoms with Crippen LogP contribution in [0.1, 0.15) is 32.9 Å². The average Bonchev–Trinajstić information content (AvgIpc) is 3.07. The maximum absolute atomic E-state index is 13.2. The van der Waals surface area contributed by atoms with Gasteiger partial charge in [0.2, 0.25) is 11.8 Å². The molecule has 0 saturated heterocycles. The predicted octanol–water partition coefficient (Wildman–Crippen LogP) is 4.72. The van der Waals surface area contributed by atoms with Crippen molar-refractivity contribution in [3.8, 4) is 5.75 Å². The van der Waals surface area contributed by atoms with Crippen molar-refractivity contribution in [3.05, 3.63) is 95.2 Å². The highest BCUT2D eigenvalue weighted by atomic mass is 16.5. The Morgan fingerprint density at radius 2 is 1.70 bits per heavy atom. The molecule has 1 aliphatic rings. The Bertz CT molecular complexity index is 1670. The van der Waals surface area contributed by atoms with Crippen LogP contribution in [0, 0.1) is 5.41 Å². The Morgan fingerprint density at radius 3 is 2.47 bits per heavy atom. The number of anilines is 2. The molecule has 0 atom stereocenters. The molecule has 0 saturated carbocycles. The number of aromatic nitrogens is 2. The van der Waals surface area contributed by atoms with E-state index in [0.717, 1.165) is 29.4 Å². The summed E-state index contributed by atoms with van der Waals surface area (Å²) in [6.07, 6.45) is 4.40. The van der Waals surface area contributed by atoms with Crippen molar-refractivity contribution in [3.63, 3.8) is 0 Å². The minimum absolute atomic E-state index is 0.0117. The Balaban J connectivity index is 1.25. The van der Waals surface area contributed by atoms with E-state index in [2.05, 4.69) is 9.88 Å². The molecule has 3 heterocycles. The van der Waals surface area contributed by atoms with Crippen LogP contribution in [0.2, 0.25) is 0 Å². The first-order valence-electron chi connectivity index (χ1n) is 14.8. The first kappa shape index (κ1) is 30.0. The predicted molar refractivity (Wildman–Crippen MR) is 169 cm³/mol. The molecule has 0 unspecified atom stereocenters. The van der Waals surface area contributed by atoms with Crippen LogP contribution < -0.4 is 20.1 Å². The fraction of sp³-hybridized carbons (Fsp3) is 0.353. The number of nitrogens with zero attached hydrogens (tertiary/aromatic N) is 5. The van der Waals surface area contributed by atoms with E-state index in [1.807, 2.05) is 79.9 Å². The Morgan fingerprint density at radius 1 is 0.907 bits per heavy atom. The molecule has 0 spiro atoms. The zero-order valence-electron chi connectivity index (χ0n) is 25.3. The highest BCUT2D eigenvalue weighted by molar-refractivity contribution is 6.20. The molecule has 0 radical (unpaired) electrons. The molecule has 5 rings (SSSR count). The molecular formula is C34H39N5O4. The molecule has 1 aliphatic heterocycles. The number of fused-ring (bicyclic) bond motifs is 2. The van der Waals surface area contributed by atoms with E-state index in [4.69, 9.17) is 4.74 Å². The average molecular weight is 582 g/mol. The van der Waals surface area contributed by atoms with Crippen molar-refractivity contribution in [1.29, 1.82) is 0 Å². The molecule has 0 aliphatic carbocycles. The van der Waals surface area contributed by atoms with Crippen LogP contribution in [-0.2, 0) is 22.7 Å². The number of ether oxygens (including phenoxy) is 1. The van der Waals surface area contributed by atoms with Gasteiger partial charge in [-0.1, -0.05) is 24.3 Å². The maximum atomic E-state index is 13.2. The van der Waals surface area contributed by atoms with Gasteiger partial charge in [0.05, 0.1) is 23.7 Å². The number of carbonyl (C=O) groups excluding carboxylic acids is 2. The van der Waals surface area contributed by atoms with Gasteiger partial charge >= 0.3 is 0 Å². The van der Waals surface area contributed by atoms with E-state index in [1.165, 1.54) is 0 Å². The molecule has 9 nitrogen and oxygen atoms in total. The lowest BCUT2D eigenvalue weighted by molar-refractivity contribution is -0.137. The van der Waals surface area contributed by atoms with Crippen LogP contribution in [0.3, 0.4) is 0 Å². The molecular weight excluding hydrogens is 542 g/mol. The quantitative estimate of drug-likeness (QED) is 0.188. The van der Waals surface area contributed by atoms with E-state index in [9.17, 15) is 14.4 Å². The summed E-state index contributed by atoms with van der Waals surface area (Å²) in [6, 6.07) is 21.1. The highest BCUT2D eigenvalue weighted by Gasteiger charge is 2.45. The largest absolute Gasteiger partial charge is 0.493 e. The van der Waals surface area contributed by atoms with Gasteiger partial charge in [-0.05, 0) is 69.0 Å². The van der Waals surface area contributed by atoms with Gasteiger partial charge in [-0.25, -0.2) is 0 Å². The van der Waals surface area contributed by atoms with Crippen molar-refractivity contribution >= 4 is 34.0 Å². The molecule has 2 amide bonds.